The fourth-order valence-electron chi connectivity index (χ4n) is 2.46. The molecule has 10 heteroatoms. The molecule has 0 bridgehead atoms. The van der Waals surface area contributed by atoms with Crippen LogP contribution in [-0.4, -0.2) is 16.1 Å². The van der Waals surface area contributed by atoms with Crippen LogP contribution < -0.4 is 0 Å². The van der Waals surface area contributed by atoms with E-state index >= 15 is 0 Å². The van der Waals surface area contributed by atoms with Crippen LogP contribution in [0.5, 0.6) is 0 Å². The number of carbonyl (C=O) groups is 1. The molecule has 1 aromatic heterocycles. The van der Waals surface area contributed by atoms with Gasteiger partial charge in [0.25, 0.3) is 0 Å². The predicted molar refractivity (Wildman–Crippen MR) is 89.9 cm³/mol. The summed E-state index contributed by atoms with van der Waals surface area (Å²) in [6.07, 6.45) is -9.24. The molecule has 28 heavy (non-hydrogen) atoms. The second kappa shape index (κ2) is 6.93. The average molecular weight is 417 g/mol. The fraction of sp³-hybridized carbons (Fsp3) is 0.111. The van der Waals surface area contributed by atoms with E-state index in [1.807, 2.05) is 0 Å². The molecule has 0 amide bonds. The predicted octanol–water partition coefficient (Wildman–Crippen LogP) is 6.21. The molecule has 0 unspecified atom stereocenters. The number of halogens is 6. The Kier molecular flexibility index (Phi) is 4.92. The Bertz CT molecular complexity index is 1040. The third-order valence-corrected chi connectivity index (χ3v) is 4.81. The Labute approximate surface area is 157 Å². The van der Waals surface area contributed by atoms with Crippen molar-refractivity contribution in [3.63, 3.8) is 0 Å². The van der Waals surface area contributed by atoms with Gasteiger partial charge in [0, 0.05) is 11.1 Å². The number of rotatable bonds is 3. The number of nitrogens with zero attached hydrogens (tertiary/aromatic N) is 1. The number of aromatic carboxylic acids is 1. The number of thiazole rings is 1. The van der Waals surface area contributed by atoms with Crippen LogP contribution in [0.3, 0.4) is 0 Å². The molecule has 2 aromatic carbocycles. The highest BCUT2D eigenvalue weighted by Gasteiger charge is 2.32. The van der Waals surface area contributed by atoms with Crippen molar-refractivity contribution < 1.29 is 36.2 Å². The number of aromatic nitrogens is 1. The highest BCUT2D eigenvalue weighted by Crippen LogP contribution is 2.38. The van der Waals surface area contributed by atoms with Gasteiger partial charge in [-0.15, -0.1) is 11.3 Å². The normalized spacial score (nSPS) is 12.2. The van der Waals surface area contributed by atoms with E-state index in [1.165, 1.54) is 12.1 Å². The van der Waals surface area contributed by atoms with Crippen molar-refractivity contribution in [3.05, 3.63) is 64.5 Å². The molecule has 0 saturated carbocycles. The minimum atomic E-state index is -4.64. The van der Waals surface area contributed by atoms with E-state index < -0.39 is 29.4 Å². The van der Waals surface area contributed by atoms with Crippen molar-refractivity contribution in [1.82, 2.24) is 4.98 Å². The summed E-state index contributed by atoms with van der Waals surface area (Å²) >= 11 is 0.589. The van der Waals surface area contributed by atoms with Crippen LogP contribution in [0.25, 0.3) is 21.8 Å². The van der Waals surface area contributed by atoms with Gasteiger partial charge in [0.15, 0.2) is 0 Å². The lowest BCUT2D eigenvalue weighted by atomic mass is 10.1. The van der Waals surface area contributed by atoms with Crippen LogP contribution in [0.15, 0.2) is 48.5 Å². The van der Waals surface area contributed by atoms with Crippen molar-refractivity contribution in [1.29, 1.82) is 0 Å². The van der Waals surface area contributed by atoms with Crippen LogP contribution in [0.2, 0.25) is 0 Å². The zero-order valence-electron chi connectivity index (χ0n) is 13.6. The van der Waals surface area contributed by atoms with E-state index in [0.29, 0.717) is 11.3 Å². The second-order valence-corrected chi connectivity index (χ2v) is 6.66. The zero-order chi connectivity index (χ0) is 20.7. The SMILES string of the molecule is O=C(O)c1sc(-c2cccc(C(F)(F)F)c2)nc1-c1cccc(C(F)(F)F)c1. The quantitative estimate of drug-likeness (QED) is 0.516. The van der Waals surface area contributed by atoms with E-state index in [-0.39, 0.29) is 26.7 Å². The highest BCUT2D eigenvalue weighted by molar-refractivity contribution is 7.17. The molecule has 0 fully saturated rings. The lowest BCUT2D eigenvalue weighted by Crippen LogP contribution is -2.05. The van der Waals surface area contributed by atoms with E-state index in [4.69, 9.17) is 0 Å². The molecule has 0 spiro atoms. The van der Waals surface area contributed by atoms with Crippen molar-refractivity contribution in [2.24, 2.45) is 0 Å². The van der Waals surface area contributed by atoms with Gasteiger partial charge in [0.2, 0.25) is 0 Å². The van der Waals surface area contributed by atoms with Crippen molar-refractivity contribution in [2.75, 3.05) is 0 Å². The number of carboxylic acid groups (broad SMARTS) is 1. The summed E-state index contributed by atoms with van der Waals surface area (Å²) in [5.74, 6) is -1.44. The molecule has 0 aliphatic carbocycles. The fourth-order valence-corrected chi connectivity index (χ4v) is 3.38. The summed E-state index contributed by atoms with van der Waals surface area (Å²) in [6, 6.07) is 8.05. The summed E-state index contributed by atoms with van der Waals surface area (Å²) in [4.78, 5) is 15.2. The molecule has 1 heterocycles. The summed E-state index contributed by atoms with van der Waals surface area (Å²) in [6.45, 7) is 0. The molecule has 0 saturated heterocycles. The van der Waals surface area contributed by atoms with Crippen molar-refractivity contribution >= 4 is 17.3 Å². The minimum Gasteiger partial charge on any atom is -0.477 e. The van der Waals surface area contributed by atoms with Crippen molar-refractivity contribution in [3.8, 4) is 21.8 Å². The van der Waals surface area contributed by atoms with Crippen LogP contribution in [-0.2, 0) is 12.4 Å². The highest BCUT2D eigenvalue weighted by atomic mass is 32.1. The Morgan fingerprint density at radius 3 is 1.86 bits per heavy atom. The maximum Gasteiger partial charge on any atom is 0.416 e. The van der Waals surface area contributed by atoms with E-state index in [1.54, 1.807) is 0 Å². The van der Waals surface area contributed by atoms with Gasteiger partial charge in [-0.25, -0.2) is 9.78 Å². The first-order valence-electron chi connectivity index (χ1n) is 7.56. The first-order chi connectivity index (χ1) is 13.0. The molecule has 3 aromatic rings. The minimum absolute atomic E-state index is 0.0144. The number of carboxylic acids is 1. The Morgan fingerprint density at radius 1 is 0.857 bits per heavy atom. The van der Waals surface area contributed by atoms with Gasteiger partial charge in [-0.2, -0.15) is 26.3 Å². The smallest absolute Gasteiger partial charge is 0.416 e. The molecular weight excluding hydrogens is 408 g/mol. The van der Waals surface area contributed by atoms with Crippen LogP contribution in [0.1, 0.15) is 20.8 Å². The third-order valence-electron chi connectivity index (χ3n) is 3.72. The molecule has 1 N–H and O–H groups in total. The average Bonchev–Trinajstić information content (AvgIpc) is 3.06. The number of benzene rings is 2. The van der Waals surface area contributed by atoms with Gasteiger partial charge in [-0.05, 0) is 24.3 Å². The van der Waals surface area contributed by atoms with Gasteiger partial charge < -0.3 is 5.11 Å². The monoisotopic (exact) mass is 417 g/mol. The summed E-state index contributed by atoms with van der Waals surface area (Å²) < 4.78 is 77.5. The second-order valence-electron chi connectivity index (χ2n) is 5.66. The first-order valence-corrected chi connectivity index (χ1v) is 8.38. The summed E-state index contributed by atoms with van der Waals surface area (Å²) in [5, 5.41) is 9.32. The summed E-state index contributed by atoms with van der Waals surface area (Å²) in [7, 11) is 0. The Morgan fingerprint density at radius 2 is 1.36 bits per heavy atom. The Hall–Kier alpha value is -2.88. The Balaban J connectivity index is 2.13. The first kappa shape index (κ1) is 19.9. The topological polar surface area (TPSA) is 50.2 Å². The van der Waals surface area contributed by atoms with Crippen LogP contribution >= 0.6 is 11.3 Å². The number of hydrogen-bond acceptors (Lipinski definition) is 3. The molecule has 0 aliphatic rings. The van der Waals surface area contributed by atoms with Gasteiger partial charge >= 0.3 is 18.3 Å². The van der Waals surface area contributed by atoms with Crippen molar-refractivity contribution in [2.45, 2.75) is 12.4 Å². The molecule has 0 aliphatic heterocycles. The van der Waals surface area contributed by atoms with Crippen LogP contribution in [0.4, 0.5) is 26.3 Å². The van der Waals surface area contributed by atoms with E-state index in [2.05, 4.69) is 4.98 Å². The van der Waals surface area contributed by atoms with Gasteiger partial charge in [0.05, 0.1) is 16.8 Å². The largest absolute Gasteiger partial charge is 0.477 e. The molecule has 0 atom stereocenters. The standard InChI is InChI=1S/C18H9F6NO2S/c19-17(20,21)11-5-1-3-9(7-11)13-14(16(26)27)28-15(25-13)10-4-2-6-12(8-10)18(22,23)24/h1-8H,(H,26,27). The molecular formula is C18H9F6NO2S. The van der Waals surface area contributed by atoms with Gasteiger partial charge in [0.1, 0.15) is 9.88 Å². The molecule has 3 rings (SSSR count). The summed E-state index contributed by atoms with van der Waals surface area (Å²) in [5.41, 5.74) is -2.26. The molecule has 3 nitrogen and oxygen atoms in total. The van der Waals surface area contributed by atoms with E-state index in [9.17, 15) is 36.2 Å². The van der Waals surface area contributed by atoms with E-state index in [0.717, 1.165) is 36.4 Å². The van der Waals surface area contributed by atoms with Gasteiger partial charge in [-0.1, -0.05) is 24.3 Å². The zero-order valence-corrected chi connectivity index (χ0v) is 14.4. The lowest BCUT2D eigenvalue weighted by Gasteiger charge is -2.08. The number of alkyl halides is 6. The maximum absolute atomic E-state index is 12.9. The molecule has 0 radical (unpaired) electrons. The maximum atomic E-state index is 12.9. The molecule has 146 valence electrons. The third kappa shape index (κ3) is 4.01. The lowest BCUT2D eigenvalue weighted by molar-refractivity contribution is -0.138. The number of hydrogen-bond donors (Lipinski definition) is 1. The van der Waals surface area contributed by atoms with Crippen LogP contribution in [0, 0.1) is 0 Å². The van der Waals surface area contributed by atoms with Gasteiger partial charge in [-0.3, -0.25) is 0 Å².